The van der Waals surface area contributed by atoms with Crippen LogP contribution in [0, 0.1) is 11.8 Å². The monoisotopic (exact) mass is 311 g/mol. The van der Waals surface area contributed by atoms with Crippen LogP contribution >= 0.6 is 0 Å². The summed E-state index contributed by atoms with van der Waals surface area (Å²) in [7, 11) is -3.77. The lowest BCUT2D eigenvalue weighted by atomic mass is 9.78. The van der Waals surface area contributed by atoms with Crippen LogP contribution in [0.15, 0.2) is 29.2 Å². The number of primary sulfonamides is 1. The fourth-order valence-electron chi connectivity index (χ4n) is 2.82. The summed E-state index contributed by atoms with van der Waals surface area (Å²) in [4.78, 5) is 12.3. The predicted octanol–water partition coefficient (Wildman–Crippen LogP) is 1.04. The summed E-state index contributed by atoms with van der Waals surface area (Å²) in [6.07, 6.45) is 3.91. The molecule has 1 amide bonds. The van der Waals surface area contributed by atoms with E-state index in [-0.39, 0.29) is 22.6 Å². The molecule has 2 atom stereocenters. The number of rotatable bonds is 4. The van der Waals surface area contributed by atoms with E-state index in [9.17, 15) is 13.2 Å². The van der Waals surface area contributed by atoms with Gasteiger partial charge in [0.1, 0.15) is 0 Å². The summed E-state index contributed by atoms with van der Waals surface area (Å²) < 4.78 is 22.6. The summed E-state index contributed by atoms with van der Waals surface area (Å²) >= 11 is 0. The molecule has 2 unspecified atom stereocenters. The highest BCUT2D eigenvalue weighted by atomic mass is 32.2. The second-order valence-electron chi connectivity index (χ2n) is 5.45. The third-order valence-corrected chi connectivity index (χ3v) is 4.89. The van der Waals surface area contributed by atoms with E-state index in [4.69, 9.17) is 10.9 Å². The van der Waals surface area contributed by atoms with E-state index in [0.29, 0.717) is 12.2 Å². The van der Waals surface area contributed by atoms with Gasteiger partial charge in [-0.05, 0) is 43.5 Å². The fourth-order valence-corrected chi connectivity index (χ4v) is 3.38. The Morgan fingerprint density at radius 3 is 2.67 bits per heavy atom. The number of amides is 1. The first-order valence-electron chi connectivity index (χ1n) is 7.05. The quantitative estimate of drug-likeness (QED) is 0.770. The molecule has 0 spiro atoms. The van der Waals surface area contributed by atoms with Crippen molar-refractivity contribution < 1.29 is 13.2 Å². The Morgan fingerprint density at radius 2 is 2.00 bits per heavy atom. The summed E-state index contributed by atoms with van der Waals surface area (Å²) in [5.74, 6) is -0.0150. The van der Waals surface area contributed by atoms with Gasteiger partial charge in [-0.25, -0.2) is 13.6 Å². The number of sulfonamides is 1. The lowest BCUT2D eigenvalue weighted by Gasteiger charge is -2.29. The maximum atomic E-state index is 12.4. The van der Waals surface area contributed by atoms with Crippen LogP contribution < -0.4 is 16.2 Å². The zero-order chi connectivity index (χ0) is 15.5. The van der Waals surface area contributed by atoms with Crippen molar-refractivity contribution in [3.63, 3.8) is 0 Å². The number of carbonyl (C=O) groups excluding carboxylic acids is 1. The van der Waals surface area contributed by atoms with Crippen molar-refractivity contribution in [2.75, 3.05) is 11.9 Å². The minimum absolute atomic E-state index is 0.0145. The zero-order valence-corrected chi connectivity index (χ0v) is 12.6. The standard InChI is InChI=1S/C14H21N3O3S/c15-9-10-4-1-2-7-13(10)14(18)17-11-5-3-6-12(8-11)21(16,19)20/h3,5-6,8,10,13H,1-2,4,7,9,15H2,(H,17,18)(H2,16,19,20). The first-order chi connectivity index (χ1) is 9.91. The van der Waals surface area contributed by atoms with Gasteiger partial charge in [0.2, 0.25) is 15.9 Å². The van der Waals surface area contributed by atoms with Crippen LogP contribution in [0.1, 0.15) is 25.7 Å². The first kappa shape index (κ1) is 15.9. The second kappa shape index (κ2) is 6.55. The molecule has 0 aliphatic heterocycles. The normalized spacial score (nSPS) is 22.8. The maximum absolute atomic E-state index is 12.4. The van der Waals surface area contributed by atoms with Crippen LogP contribution in [0.25, 0.3) is 0 Å². The third-order valence-electron chi connectivity index (χ3n) is 3.98. The molecule has 0 radical (unpaired) electrons. The fraction of sp³-hybridized carbons (Fsp3) is 0.500. The molecule has 2 rings (SSSR count). The number of nitrogens with two attached hydrogens (primary N) is 2. The molecule has 0 heterocycles. The molecule has 0 saturated heterocycles. The number of carbonyl (C=O) groups is 1. The Morgan fingerprint density at radius 1 is 1.29 bits per heavy atom. The minimum atomic E-state index is -3.77. The Labute approximate surface area is 124 Å². The molecule has 116 valence electrons. The summed E-state index contributed by atoms with van der Waals surface area (Å²) in [6.45, 7) is 0.495. The molecular formula is C14H21N3O3S. The smallest absolute Gasteiger partial charge is 0.238 e. The van der Waals surface area contributed by atoms with Crippen molar-refractivity contribution in [3.05, 3.63) is 24.3 Å². The lowest BCUT2D eigenvalue weighted by molar-refractivity contribution is -0.122. The van der Waals surface area contributed by atoms with Crippen LogP contribution in [0.4, 0.5) is 5.69 Å². The first-order valence-corrected chi connectivity index (χ1v) is 8.60. The Balaban J connectivity index is 2.12. The van der Waals surface area contributed by atoms with Gasteiger partial charge in [-0.3, -0.25) is 4.79 Å². The summed E-state index contributed by atoms with van der Waals surface area (Å²) in [6, 6.07) is 5.96. The van der Waals surface area contributed by atoms with Crippen molar-refractivity contribution >= 4 is 21.6 Å². The highest BCUT2D eigenvalue weighted by Crippen LogP contribution is 2.30. The molecular weight excluding hydrogens is 290 g/mol. The van der Waals surface area contributed by atoms with E-state index in [1.807, 2.05) is 0 Å². The average molecular weight is 311 g/mol. The van der Waals surface area contributed by atoms with Crippen LogP contribution in [0.3, 0.4) is 0 Å². The minimum Gasteiger partial charge on any atom is -0.330 e. The van der Waals surface area contributed by atoms with Crippen molar-refractivity contribution in [1.29, 1.82) is 0 Å². The van der Waals surface area contributed by atoms with Gasteiger partial charge in [0.25, 0.3) is 0 Å². The van der Waals surface area contributed by atoms with Gasteiger partial charge in [-0.2, -0.15) is 0 Å². The zero-order valence-electron chi connectivity index (χ0n) is 11.8. The van der Waals surface area contributed by atoms with Crippen LogP contribution in [-0.2, 0) is 14.8 Å². The van der Waals surface area contributed by atoms with Crippen LogP contribution in [-0.4, -0.2) is 20.9 Å². The SMILES string of the molecule is NCC1CCCCC1C(=O)Nc1cccc(S(N)(=O)=O)c1. The highest BCUT2D eigenvalue weighted by molar-refractivity contribution is 7.89. The Kier molecular flexibility index (Phi) is 4.97. The molecule has 21 heavy (non-hydrogen) atoms. The Hall–Kier alpha value is -1.44. The molecule has 1 aliphatic rings. The predicted molar refractivity (Wildman–Crippen MR) is 80.9 cm³/mol. The van der Waals surface area contributed by atoms with Gasteiger partial charge < -0.3 is 11.1 Å². The third kappa shape index (κ3) is 4.03. The molecule has 1 saturated carbocycles. The molecule has 5 N–H and O–H groups in total. The number of nitrogens with one attached hydrogen (secondary N) is 1. The number of hydrogen-bond donors (Lipinski definition) is 3. The molecule has 6 nitrogen and oxygen atoms in total. The molecule has 1 fully saturated rings. The van der Waals surface area contributed by atoms with E-state index in [1.54, 1.807) is 12.1 Å². The van der Waals surface area contributed by atoms with Crippen LogP contribution in [0.5, 0.6) is 0 Å². The molecule has 0 bridgehead atoms. The lowest BCUT2D eigenvalue weighted by Crippen LogP contribution is -2.35. The number of hydrogen-bond acceptors (Lipinski definition) is 4. The van der Waals surface area contributed by atoms with Gasteiger partial charge in [0, 0.05) is 11.6 Å². The van der Waals surface area contributed by atoms with Gasteiger partial charge in [0.05, 0.1) is 4.90 Å². The number of anilines is 1. The van der Waals surface area contributed by atoms with Crippen molar-refractivity contribution in [1.82, 2.24) is 0 Å². The molecule has 0 aromatic heterocycles. The van der Waals surface area contributed by atoms with Crippen molar-refractivity contribution in [3.8, 4) is 0 Å². The molecule has 1 aromatic rings. The Bertz CT molecular complexity index is 616. The molecule has 1 aromatic carbocycles. The van der Waals surface area contributed by atoms with Crippen molar-refractivity contribution in [2.45, 2.75) is 30.6 Å². The van der Waals surface area contributed by atoms with Crippen molar-refractivity contribution in [2.24, 2.45) is 22.7 Å². The molecule has 7 heteroatoms. The van der Waals surface area contributed by atoms with E-state index < -0.39 is 10.0 Å². The maximum Gasteiger partial charge on any atom is 0.238 e. The summed E-state index contributed by atoms with van der Waals surface area (Å²) in [5, 5.41) is 7.86. The van der Waals surface area contributed by atoms with E-state index in [2.05, 4.69) is 5.32 Å². The van der Waals surface area contributed by atoms with E-state index in [1.165, 1.54) is 12.1 Å². The topological polar surface area (TPSA) is 115 Å². The van der Waals surface area contributed by atoms with Gasteiger partial charge in [-0.15, -0.1) is 0 Å². The van der Waals surface area contributed by atoms with Gasteiger partial charge >= 0.3 is 0 Å². The van der Waals surface area contributed by atoms with Gasteiger partial charge in [0.15, 0.2) is 0 Å². The second-order valence-corrected chi connectivity index (χ2v) is 7.01. The highest BCUT2D eigenvalue weighted by Gasteiger charge is 2.29. The molecule has 1 aliphatic carbocycles. The van der Waals surface area contributed by atoms with E-state index in [0.717, 1.165) is 25.7 Å². The summed E-state index contributed by atoms with van der Waals surface area (Å²) in [5.41, 5.74) is 6.17. The number of benzene rings is 1. The van der Waals surface area contributed by atoms with Crippen LogP contribution in [0.2, 0.25) is 0 Å². The van der Waals surface area contributed by atoms with Gasteiger partial charge in [-0.1, -0.05) is 18.9 Å². The largest absolute Gasteiger partial charge is 0.330 e. The average Bonchev–Trinajstić information content (AvgIpc) is 2.46. The van der Waals surface area contributed by atoms with E-state index >= 15 is 0 Å².